The van der Waals surface area contributed by atoms with E-state index >= 15 is 0 Å². The van der Waals surface area contributed by atoms with Gasteiger partial charge in [0.2, 0.25) is 11.8 Å². The number of hydrogen-bond acceptors (Lipinski definition) is 4. The summed E-state index contributed by atoms with van der Waals surface area (Å²) in [6, 6.07) is 1.03. The number of piperidine rings is 2. The van der Waals surface area contributed by atoms with Gasteiger partial charge in [0.1, 0.15) is 0 Å². The fourth-order valence-corrected chi connectivity index (χ4v) is 4.54. The molecule has 0 spiro atoms. The van der Waals surface area contributed by atoms with Crippen LogP contribution in [0.15, 0.2) is 0 Å². The standard InChI is InChI=1S/C20H36N4O2/c1-17-7-3-5-9-23(17)15-19(25)21-11-13-22(14-12-21)20(26)16-24-10-6-4-8-18(24)2/h17-18H,3-16H2,1-2H3/t17-,18-/m1/s1. The number of hydrogen-bond donors (Lipinski definition) is 0. The smallest absolute Gasteiger partial charge is 0.236 e. The number of amides is 2. The van der Waals surface area contributed by atoms with Crippen LogP contribution in [0.2, 0.25) is 0 Å². The quantitative estimate of drug-likeness (QED) is 0.757. The first-order chi connectivity index (χ1) is 12.5. The van der Waals surface area contributed by atoms with Crippen LogP contribution < -0.4 is 0 Å². The van der Waals surface area contributed by atoms with Crippen LogP contribution in [0.1, 0.15) is 52.4 Å². The van der Waals surface area contributed by atoms with Crippen LogP contribution in [0.4, 0.5) is 0 Å². The van der Waals surface area contributed by atoms with Crippen LogP contribution in [0, 0.1) is 0 Å². The van der Waals surface area contributed by atoms with Gasteiger partial charge >= 0.3 is 0 Å². The highest BCUT2D eigenvalue weighted by molar-refractivity contribution is 5.80. The van der Waals surface area contributed by atoms with Gasteiger partial charge in [0.25, 0.3) is 0 Å². The van der Waals surface area contributed by atoms with Gasteiger partial charge in [-0.2, -0.15) is 0 Å². The zero-order valence-electron chi connectivity index (χ0n) is 16.7. The van der Waals surface area contributed by atoms with Gasteiger partial charge in [0.15, 0.2) is 0 Å². The fourth-order valence-electron chi connectivity index (χ4n) is 4.54. The predicted octanol–water partition coefficient (Wildman–Crippen LogP) is 1.41. The summed E-state index contributed by atoms with van der Waals surface area (Å²) in [5.74, 6) is 0.464. The Morgan fingerprint density at radius 1 is 0.654 bits per heavy atom. The Kier molecular flexibility index (Phi) is 6.92. The van der Waals surface area contributed by atoms with E-state index in [1.165, 1.54) is 38.5 Å². The lowest BCUT2D eigenvalue weighted by Crippen LogP contribution is -2.55. The highest BCUT2D eigenvalue weighted by Crippen LogP contribution is 2.18. The molecule has 2 atom stereocenters. The van der Waals surface area contributed by atoms with E-state index in [1.54, 1.807) is 0 Å². The van der Waals surface area contributed by atoms with Crippen molar-refractivity contribution in [3.63, 3.8) is 0 Å². The molecule has 2 amide bonds. The van der Waals surface area contributed by atoms with E-state index in [2.05, 4.69) is 23.6 Å². The zero-order chi connectivity index (χ0) is 18.5. The van der Waals surface area contributed by atoms with Crippen molar-refractivity contribution in [3.05, 3.63) is 0 Å². The molecule has 0 aromatic heterocycles. The molecule has 0 radical (unpaired) electrons. The molecule has 6 heteroatoms. The number of rotatable bonds is 4. The molecule has 3 heterocycles. The monoisotopic (exact) mass is 364 g/mol. The van der Waals surface area contributed by atoms with Gasteiger partial charge in [0, 0.05) is 38.3 Å². The molecule has 3 saturated heterocycles. The topological polar surface area (TPSA) is 47.1 Å². The van der Waals surface area contributed by atoms with Crippen LogP contribution >= 0.6 is 0 Å². The van der Waals surface area contributed by atoms with Gasteiger partial charge in [-0.15, -0.1) is 0 Å². The second-order valence-corrected chi connectivity index (χ2v) is 8.39. The van der Waals surface area contributed by atoms with Crippen molar-refractivity contribution in [1.82, 2.24) is 19.6 Å². The van der Waals surface area contributed by atoms with Crippen molar-refractivity contribution in [2.75, 3.05) is 52.4 Å². The lowest BCUT2D eigenvalue weighted by molar-refractivity contribution is -0.141. The van der Waals surface area contributed by atoms with E-state index in [0.717, 1.165) is 13.1 Å². The summed E-state index contributed by atoms with van der Waals surface area (Å²) < 4.78 is 0. The Morgan fingerprint density at radius 3 is 1.38 bits per heavy atom. The minimum absolute atomic E-state index is 0.232. The number of likely N-dealkylation sites (tertiary alicyclic amines) is 2. The summed E-state index contributed by atoms with van der Waals surface area (Å²) in [6.45, 7) is 10.4. The molecular weight excluding hydrogens is 328 g/mol. The number of carbonyl (C=O) groups is 2. The first kappa shape index (κ1) is 19.6. The molecule has 0 saturated carbocycles. The molecule has 0 unspecified atom stereocenters. The van der Waals surface area contributed by atoms with Crippen molar-refractivity contribution in [3.8, 4) is 0 Å². The highest BCUT2D eigenvalue weighted by Gasteiger charge is 2.29. The van der Waals surface area contributed by atoms with Gasteiger partial charge in [-0.25, -0.2) is 0 Å². The summed E-state index contributed by atoms with van der Waals surface area (Å²) >= 11 is 0. The van der Waals surface area contributed by atoms with E-state index in [1.807, 2.05) is 9.80 Å². The van der Waals surface area contributed by atoms with Gasteiger partial charge in [-0.1, -0.05) is 12.8 Å². The maximum Gasteiger partial charge on any atom is 0.236 e. The molecule has 148 valence electrons. The molecule has 6 nitrogen and oxygen atoms in total. The summed E-state index contributed by atoms with van der Waals surface area (Å²) in [5, 5.41) is 0. The lowest BCUT2D eigenvalue weighted by atomic mass is 10.0. The SMILES string of the molecule is C[C@@H]1CCCCN1CC(=O)N1CCN(C(=O)CN2CCCC[C@H]2C)CC1. The van der Waals surface area contributed by atoms with Crippen molar-refractivity contribution in [1.29, 1.82) is 0 Å². The molecule has 0 aromatic rings. The molecule has 0 aliphatic carbocycles. The molecule has 0 N–H and O–H groups in total. The third-order valence-corrected chi connectivity index (χ3v) is 6.54. The van der Waals surface area contributed by atoms with E-state index < -0.39 is 0 Å². The van der Waals surface area contributed by atoms with Crippen molar-refractivity contribution < 1.29 is 9.59 Å². The molecule has 3 aliphatic rings. The van der Waals surface area contributed by atoms with Crippen molar-refractivity contribution in [2.24, 2.45) is 0 Å². The first-order valence-corrected chi connectivity index (χ1v) is 10.6. The third-order valence-electron chi connectivity index (χ3n) is 6.54. The average Bonchev–Trinajstić information content (AvgIpc) is 2.65. The molecule has 0 aromatic carbocycles. The third kappa shape index (κ3) is 4.97. The summed E-state index contributed by atoms with van der Waals surface area (Å²) in [6.07, 6.45) is 7.36. The van der Waals surface area contributed by atoms with Crippen molar-refractivity contribution in [2.45, 2.75) is 64.5 Å². The number of nitrogens with zero attached hydrogens (tertiary/aromatic N) is 4. The summed E-state index contributed by atoms with van der Waals surface area (Å²) in [5.41, 5.74) is 0. The van der Waals surface area contributed by atoms with Crippen LogP contribution in [0.25, 0.3) is 0 Å². The van der Waals surface area contributed by atoms with Gasteiger partial charge in [-0.05, 0) is 52.6 Å². The van der Waals surface area contributed by atoms with E-state index in [0.29, 0.717) is 51.4 Å². The molecular formula is C20H36N4O2. The Balaban J connectivity index is 1.41. The predicted molar refractivity (Wildman–Crippen MR) is 103 cm³/mol. The van der Waals surface area contributed by atoms with E-state index in [9.17, 15) is 9.59 Å². The maximum atomic E-state index is 12.6. The Labute approximate surface area is 158 Å². The van der Waals surface area contributed by atoms with Crippen LogP contribution in [-0.2, 0) is 9.59 Å². The second kappa shape index (κ2) is 9.18. The molecule has 3 fully saturated rings. The minimum atomic E-state index is 0.232. The fraction of sp³-hybridized carbons (Fsp3) is 0.900. The Morgan fingerprint density at radius 2 is 1.04 bits per heavy atom. The molecule has 26 heavy (non-hydrogen) atoms. The minimum Gasteiger partial charge on any atom is -0.338 e. The Bertz CT molecular complexity index is 446. The van der Waals surface area contributed by atoms with Crippen molar-refractivity contribution >= 4 is 11.8 Å². The molecule has 3 rings (SSSR count). The highest BCUT2D eigenvalue weighted by atomic mass is 16.2. The largest absolute Gasteiger partial charge is 0.338 e. The second-order valence-electron chi connectivity index (χ2n) is 8.39. The van der Waals surface area contributed by atoms with Crippen LogP contribution in [-0.4, -0.2) is 95.9 Å². The van der Waals surface area contributed by atoms with Crippen LogP contribution in [0.5, 0.6) is 0 Å². The lowest BCUT2D eigenvalue weighted by Gasteiger charge is -2.39. The zero-order valence-corrected chi connectivity index (χ0v) is 16.7. The van der Waals surface area contributed by atoms with Crippen LogP contribution in [0.3, 0.4) is 0 Å². The number of piperazine rings is 1. The molecule has 3 aliphatic heterocycles. The summed E-state index contributed by atoms with van der Waals surface area (Å²) in [4.78, 5) is 33.8. The van der Waals surface area contributed by atoms with E-state index in [-0.39, 0.29) is 11.8 Å². The normalized spacial score (nSPS) is 29.0. The average molecular weight is 365 g/mol. The maximum absolute atomic E-state index is 12.6. The Hall–Kier alpha value is -1.14. The first-order valence-electron chi connectivity index (χ1n) is 10.6. The van der Waals surface area contributed by atoms with E-state index in [4.69, 9.17) is 0 Å². The molecule has 0 bridgehead atoms. The number of carbonyl (C=O) groups excluding carboxylic acids is 2. The summed E-state index contributed by atoms with van der Waals surface area (Å²) in [7, 11) is 0. The van der Waals surface area contributed by atoms with Gasteiger partial charge in [0.05, 0.1) is 13.1 Å². The van der Waals surface area contributed by atoms with Gasteiger partial charge < -0.3 is 9.80 Å². The van der Waals surface area contributed by atoms with Gasteiger partial charge in [-0.3, -0.25) is 19.4 Å².